The summed E-state index contributed by atoms with van der Waals surface area (Å²) in [6.07, 6.45) is 1.88. The monoisotopic (exact) mass is 869 g/mol. The number of aliphatic imine (C=N–C) groups is 1. The summed E-state index contributed by atoms with van der Waals surface area (Å²) in [5.41, 5.74) is 11.9. The minimum atomic E-state index is -2.87. The van der Waals surface area contributed by atoms with Crippen LogP contribution in [-0.4, -0.2) is 86.2 Å². The first-order valence-electron chi connectivity index (χ1n) is 21.0. The normalized spacial score (nSPS) is 16.8. The molecule has 0 bridgehead atoms. The number of benzene rings is 4. The van der Waals surface area contributed by atoms with Crippen LogP contribution in [0, 0.1) is 0 Å². The molecular weight excluding hydrogens is 815 g/mol. The third-order valence-electron chi connectivity index (χ3n) is 11.7. The Kier molecular flexibility index (Phi) is 13.8. The SMILES string of the molecule is COc1ccc(C(OC[C@H]2O[C@@H](n3cnc4c(=O)[nH]c(/N=C/N(C)C)nc43)C[C@@H]2O[Si](c2ccc(CN=[N+]=[N-])cc2)(C(C)C)C(C)C)(c2ccccc2)c2ccc(OC)cc2)cc1. The van der Waals surface area contributed by atoms with Crippen LogP contribution in [0.2, 0.25) is 11.1 Å². The summed E-state index contributed by atoms with van der Waals surface area (Å²) >= 11 is 0. The van der Waals surface area contributed by atoms with Gasteiger partial charge in [-0.25, -0.2) is 9.98 Å². The molecule has 328 valence electrons. The summed E-state index contributed by atoms with van der Waals surface area (Å²) in [6.45, 7) is 9.27. The van der Waals surface area contributed by atoms with E-state index in [4.69, 9.17) is 33.9 Å². The molecule has 3 atom stereocenters. The Morgan fingerprint density at radius 2 is 1.52 bits per heavy atom. The number of methoxy groups -OCH3 is 2. The molecule has 3 heterocycles. The van der Waals surface area contributed by atoms with E-state index in [1.807, 2.05) is 93.0 Å². The van der Waals surface area contributed by atoms with Crippen molar-refractivity contribution in [3.63, 3.8) is 0 Å². The van der Waals surface area contributed by atoms with E-state index in [2.05, 4.69) is 76.9 Å². The van der Waals surface area contributed by atoms with Crippen molar-refractivity contribution in [2.75, 3.05) is 34.9 Å². The first kappa shape index (κ1) is 44.8. The lowest BCUT2D eigenvalue weighted by Gasteiger charge is -2.42. The van der Waals surface area contributed by atoms with Crippen molar-refractivity contribution in [1.82, 2.24) is 24.4 Å². The van der Waals surface area contributed by atoms with Crippen LogP contribution in [-0.2, 0) is 26.0 Å². The molecule has 1 aliphatic rings. The van der Waals surface area contributed by atoms with Gasteiger partial charge in [-0.3, -0.25) is 14.3 Å². The third kappa shape index (κ3) is 9.12. The molecule has 0 radical (unpaired) electrons. The first-order chi connectivity index (χ1) is 30.4. The van der Waals surface area contributed by atoms with E-state index in [0.29, 0.717) is 12.1 Å². The van der Waals surface area contributed by atoms with Crippen molar-refractivity contribution in [2.24, 2.45) is 10.1 Å². The van der Waals surface area contributed by atoms with Gasteiger partial charge in [-0.05, 0) is 68.3 Å². The van der Waals surface area contributed by atoms with E-state index in [9.17, 15) is 4.79 Å². The Morgan fingerprint density at radius 3 is 2.08 bits per heavy atom. The molecule has 4 aromatic carbocycles. The Morgan fingerprint density at radius 1 is 0.921 bits per heavy atom. The molecule has 1 N–H and O–H groups in total. The topological polar surface area (TPSA) is 174 Å². The van der Waals surface area contributed by atoms with E-state index in [1.165, 1.54) is 0 Å². The number of aromatic nitrogens is 4. The molecule has 1 fully saturated rings. The quantitative estimate of drug-likeness (QED) is 0.0169. The van der Waals surface area contributed by atoms with Crippen LogP contribution in [0.1, 0.15) is 62.6 Å². The maximum atomic E-state index is 13.3. The number of hydrogen-bond donors (Lipinski definition) is 1. The number of hydrogen-bond acceptors (Lipinski definition) is 10. The summed E-state index contributed by atoms with van der Waals surface area (Å²) in [5, 5.41) is 4.90. The lowest BCUT2D eigenvalue weighted by Crippen LogP contribution is -2.59. The second-order valence-electron chi connectivity index (χ2n) is 16.4. The smallest absolute Gasteiger partial charge is 0.280 e. The lowest BCUT2D eigenvalue weighted by atomic mass is 9.80. The minimum absolute atomic E-state index is 0.110. The molecule has 0 unspecified atom stereocenters. The average Bonchev–Trinajstić information content (AvgIpc) is 3.91. The minimum Gasteiger partial charge on any atom is -0.497 e. The molecule has 1 saturated heterocycles. The number of aromatic amines is 1. The molecule has 63 heavy (non-hydrogen) atoms. The van der Waals surface area contributed by atoms with Crippen molar-refractivity contribution >= 4 is 37.0 Å². The number of rotatable bonds is 18. The van der Waals surface area contributed by atoms with E-state index >= 15 is 0 Å². The summed E-state index contributed by atoms with van der Waals surface area (Å²) in [7, 11) is 4.10. The van der Waals surface area contributed by atoms with Gasteiger partial charge in [0.1, 0.15) is 29.4 Å². The summed E-state index contributed by atoms with van der Waals surface area (Å²) in [4.78, 5) is 34.3. The van der Waals surface area contributed by atoms with E-state index in [1.54, 1.807) is 36.4 Å². The molecule has 0 aliphatic carbocycles. The van der Waals surface area contributed by atoms with Crippen LogP contribution in [0.15, 0.2) is 124 Å². The van der Waals surface area contributed by atoms with E-state index < -0.39 is 37.9 Å². The van der Waals surface area contributed by atoms with Gasteiger partial charge in [-0.15, -0.1) is 0 Å². The Hall–Kier alpha value is -6.29. The highest BCUT2D eigenvalue weighted by Crippen LogP contribution is 2.45. The number of azide groups is 1. The third-order valence-corrected chi connectivity index (χ3v) is 17.1. The van der Waals surface area contributed by atoms with Gasteiger partial charge in [0, 0.05) is 25.4 Å². The fraction of sp³-hybridized carbons (Fsp3) is 0.362. The number of nitrogens with one attached hydrogen (secondary N) is 1. The predicted molar refractivity (Wildman–Crippen MR) is 247 cm³/mol. The van der Waals surface area contributed by atoms with Gasteiger partial charge in [0.15, 0.2) is 11.2 Å². The highest BCUT2D eigenvalue weighted by atomic mass is 28.4. The second kappa shape index (κ2) is 19.4. The molecule has 0 amide bonds. The van der Waals surface area contributed by atoms with Crippen LogP contribution < -0.4 is 20.2 Å². The average molecular weight is 870 g/mol. The van der Waals surface area contributed by atoms with Crippen molar-refractivity contribution in [1.29, 1.82) is 0 Å². The van der Waals surface area contributed by atoms with Gasteiger partial charge in [0.2, 0.25) is 14.3 Å². The fourth-order valence-electron chi connectivity index (χ4n) is 8.69. The highest BCUT2D eigenvalue weighted by molar-refractivity contribution is 6.88. The number of nitrogens with zero attached hydrogens (tertiary/aromatic N) is 8. The maximum Gasteiger partial charge on any atom is 0.280 e. The van der Waals surface area contributed by atoms with Gasteiger partial charge < -0.3 is 28.3 Å². The van der Waals surface area contributed by atoms with Gasteiger partial charge in [0.25, 0.3) is 5.56 Å². The van der Waals surface area contributed by atoms with Crippen LogP contribution in [0.5, 0.6) is 11.5 Å². The molecule has 6 aromatic rings. The number of imidazole rings is 1. The van der Waals surface area contributed by atoms with Crippen molar-refractivity contribution in [3.05, 3.63) is 153 Å². The first-order valence-corrected chi connectivity index (χ1v) is 23.1. The molecular formula is C47H55N9O6Si. The zero-order valence-corrected chi connectivity index (χ0v) is 38.0. The Labute approximate surface area is 368 Å². The Balaban J connectivity index is 1.36. The van der Waals surface area contributed by atoms with Crippen molar-refractivity contribution in [2.45, 2.75) is 75.8 Å². The molecule has 0 spiro atoms. The van der Waals surface area contributed by atoms with Crippen molar-refractivity contribution in [3.8, 4) is 11.5 Å². The van der Waals surface area contributed by atoms with Gasteiger partial charge in [0.05, 0.1) is 46.1 Å². The highest BCUT2D eigenvalue weighted by Gasteiger charge is 2.51. The van der Waals surface area contributed by atoms with Crippen LogP contribution in [0.4, 0.5) is 5.95 Å². The summed E-state index contributed by atoms with van der Waals surface area (Å²) in [6, 6.07) is 34.3. The molecule has 15 nitrogen and oxygen atoms in total. The zero-order valence-electron chi connectivity index (χ0n) is 37.0. The molecule has 2 aromatic heterocycles. The summed E-state index contributed by atoms with van der Waals surface area (Å²) < 4.78 is 35.2. The van der Waals surface area contributed by atoms with Crippen LogP contribution in [0.25, 0.3) is 21.6 Å². The predicted octanol–water partition coefficient (Wildman–Crippen LogP) is 8.52. The molecule has 1 aliphatic heterocycles. The molecule has 16 heteroatoms. The molecule has 0 saturated carbocycles. The fourth-order valence-corrected chi connectivity index (χ4v) is 13.5. The molecule has 7 rings (SSSR count). The van der Waals surface area contributed by atoms with Crippen LogP contribution >= 0.6 is 0 Å². The van der Waals surface area contributed by atoms with Crippen molar-refractivity contribution < 1.29 is 23.4 Å². The van der Waals surface area contributed by atoms with Gasteiger partial charge in [-0.1, -0.05) is 112 Å². The number of ether oxygens (including phenoxy) is 4. The lowest BCUT2D eigenvalue weighted by molar-refractivity contribution is -0.0913. The maximum absolute atomic E-state index is 13.3. The largest absolute Gasteiger partial charge is 0.497 e. The van der Waals surface area contributed by atoms with Gasteiger partial charge >= 0.3 is 0 Å². The number of H-pyrrole nitrogens is 1. The number of fused-ring (bicyclic) bond motifs is 1. The zero-order chi connectivity index (χ0) is 44.7. The van der Waals surface area contributed by atoms with E-state index in [0.717, 1.165) is 38.9 Å². The van der Waals surface area contributed by atoms with E-state index in [-0.39, 0.29) is 35.7 Å². The second-order valence-corrected chi connectivity index (χ2v) is 21.2. The standard InChI is InChI=1S/C47H55N9O6Si/c1-31(2)63(32(3)4,39-24-14-33(15-25-39)27-51-54-48)62-40-26-42(56-30-49-43-44(56)52-46(53-45(43)57)50-29-55(5)6)61-41(40)28-60-47(34-12-10-9-11-13-34,35-16-20-37(58-7)21-17-35)36-18-22-38(59-8)23-19-36/h9-25,29-32,40-42H,26-28H2,1-8H3,(H,52,53,57)/b50-29+/t40-,41+,42+/m0/s1. The summed E-state index contributed by atoms with van der Waals surface area (Å²) in [5.74, 6) is 1.59. The Bertz CT molecular complexity index is 2540. The van der Waals surface area contributed by atoms with Crippen LogP contribution in [0.3, 0.4) is 0 Å². The van der Waals surface area contributed by atoms with Gasteiger partial charge in [-0.2, -0.15) is 4.98 Å².